The second-order valence-corrected chi connectivity index (χ2v) is 7.83. The highest BCUT2D eigenvalue weighted by molar-refractivity contribution is 6.31. The number of nitrogens with one attached hydrogen (secondary N) is 1. The molecule has 0 radical (unpaired) electrons. The summed E-state index contributed by atoms with van der Waals surface area (Å²) in [7, 11) is 0. The molecule has 1 aromatic heterocycles. The normalized spacial score (nSPS) is 16.0. The number of aromatic nitrogens is 1. The van der Waals surface area contributed by atoms with Crippen LogP contribution < -0.4 is 10.2 Å². The number of halogens is 1. The molecule has 4 rings (SSSR count). The van der Waals surface area contributed by atoms with Crippen molar-refractivity contribution in [1.82, 2.24) is 4.57 Å². The van der Waals surface area contributed by atoms with Crippen molar-refractivity contribution in [2.24, 2.45) is 5.92 Å². The Balaban J connectivity index is 1.44. The van der Waals surface area contributed by atoms with Crippen molar-refractivity contribution in [2.75, 3.05) is 23.4 Å². The van der Waals surface area contributed by atoms with Crippen LogP contribution in [0.2, 0.25) is 5.02 Å². The Morgan fingerprint density at radius 3 is 2.81 bits per heavy atom. The number of hydrogen-bond donors (Lipinski definition) is 1. The van der Waals surface area contributed by atoms with Gasteiger partial charge >= 0.3 is 5.97 Å². The number of hydrogen-bond acceptors (Lipinski definition) is 4. The van der Waals surface area contributed by atoms with Crippen LogP contribution in [-0.2, 0) is 25.7 Å². The van der Waals surface area contributed by atoms with E-state index in [1.807, 2.05) is 24.4 Å². The minimum absolute atomic E-state index is 0.103. The molecule has 1 aliphatic rings. The van der Waals surface area contributed by atoms with Crippen LogP contribution in [0.1, 0.15) is 13.3 Å². The van der Waals surface area contributed by atoms with Gasteiger partial charge < -0.3 is 19.5 Å². The number of carbonyl (C=O) groups is 3. The fourth-order valence-electron chi connectivity index (χ4n) is 3.78. The number of carbonyl (C=O) groups excluding carboxylic acids is 3. The molecule has 1 atom stereocenters. The number of benzene rings is 2. The number of rotatable bonds is 6. The first-order valence-electron chi connectivity index (χ1n) is 10.1. The molecule has 1 N–H and O–H groups in total. The Kier molecular flexibility index (Phi) is 5.95. The van der Waals surface area contributed by atoms with Crippen molar-refractivity contribution < 1.29 is 19.1 Å². The number of amides is 2. The van der Waals surface area contributed by atoms with Gasteiger partial charge in [-0.1, -0.05) is 17.7 Å². The zero-order chi connectivity index (χ0) is 22.0. The Hall–Kier alpha value is -3.32. The number of ether oxygens (including phenoxy) is 1. The van der Waals surface area contributed by atoms with Gasteiger partial charge in [-0.2, -0.15) is 0 Å². The molecule has 2 aromatic carbocycles. The molecule has 0 aliphatic carbocycles. The molecule has 1 aliphatic heterocycles. The van der Waals surface area contributed by atoms with Gasteiger partial charge in [0, 0.05) is 46.5 Å². The van der Waals surface area contributed by atoms with Crippen molar-refractivity contribution >= 4 is 51.7 Å². The summed E-state index contributed by atoms with van der Waals surface area (Å²) in [5.41, 5.74) is 2.20. The Bertz CT molecular complexity index is 1160. The third kappa shape index (κ3) is 4.56. The molecule has 31 heavy (non-hydrogen) atoms. The molecule has 0 unspecified atom stereocenters. The molecule has 2 heterocycles. The maximum absolute atomic E-state index is 12.8. The minimum Gasteiger partial charge on any atom is -0.465 e. The zero-order valence-electron chi connectivity index (χ0n) is 17.0. The van der Waals surface area contributed by atoms with Gasteiger partial charge in [0.25, 0.3) is 0 Å². The second-order valence-electron chi connectivity index (χ2n) is 7.40. The standard InChI is InChI=1S/C23H22ClN3O4/c1-2-31-22(29)14-26-9-8-15-10-18(6-7-20(15)26)25-23(30)16-11-21(28)27(13-16)19-5-3-4-17(24)12-19/h3-10,12,16H,2,11,13-14H2,1H3,(H,25,30)/t16-/m1/s1. The van der Waals surface area contributed by atoms with Crippen molar-refractivity contribution in [3.63, 3.8) is 0 Å². The molecule has 3 aromatic rings. The van der Waals surface area contributed by atoms with Crippen LogP contribution in [0.15, 0.2) is 54.7 Å². The average molecular weight is 440 g/mol. The predicted molar refractivity (Wildman–Crippen MR) is 119 cm³/mol. The van der Waals surface area contributed by atoms with Crippen LogP contribution in [-0.4, -0.2) is 35.5 Å². The number of nitrogens with zero attached hydrogens (tertiary/aromatic N) is 2. The summed E-state index contributed by atoms with van der Waals surface area (Å²) in [6.45, 7) is 2.55. The largest absolute Gasteiger partial charge is 0.465 e. The fraction of sp³-hybridized carbons (Fsp3) is 0.261. The third-order valence-electron chi connectivity index (χ3n) is 5.26. The molecule has 160 valence electrons. The van der Waals surface area contributed by atoms with E-state index in [4.69, 9.17) is 16.3 Å². The van der Waals surface area contributed by atoms with Gasteiger partial charge in [-0.3, -0.25) is 14.4 Å². The van der Waals surface area contributed by atoms with Gasteiger partial charge in [-0.25, -0.2) is 0 Å². The molecule has 0 bridgehead atoms. The summed E-state index contributed by atoms with van der Waals surface area (Å²) in [5, 5.41) is 4.34. The van der Waals surface area contributed by atoms with Crippen molar-refractivity contribution in [2.45, 2.75) is 19.9 Å². The lowest BCUT2D eigenvalue weighted by atomic mass is 10.1. The van der Waals surface area contributed by atoms with Crippen molar-refractivity contribution in [3.8, 4) is 0 Å². The van der Waals surface area contributed by atoms with Crippen LogP contribution in [0.3, 0.4) is 0 Å². The van der Waals surface area contributed by atoms with E-state index in [1.165, 1.54) is 0 Å². The van der Waals surface area contributed by atoms with Gasteiger partial charge in [-0.15, -0.1) is 0 Å². The number of esters is 1. The number of fused-ring (bicyclic) bond motifs is 1. The first kappa shape index (κ1) is 20.9. The van der Waals surface area contributed by atoms with E-state index in [0.717, 1.165) is 10.9 Å². The summed E-state index contributed by atoms with van der Waals surface area (Å²) in [6, 6.07) is 14.4. The lowest BCUT2D eigenvalue weighted by molar-refractivity contribution is -0.143. The first-order valence-corrected chi connectivity index (χ1v) is 10.4. The van der Waals surface area contributed by atoms with E-state index >= 15 is 0 Å². The zero-order valence-corrected chi connectivity index (χ0v) is 17.8. The van der Waals surface area contributed by atoms with Crippen LogP contribution in [0.25, 0.3) is 10.9 Å². The van der Waals surface area contributed by atoms with E-state index in [9.17, 15) is 14.4 Å². The highest BCUT2D eigenvalue weighted by atomic mass is 35.5. The maximum atomic E-state index is 12.8. The molecule has 7 nitrogen and oxygen atoms in total. The minimum atomic E-state index is -0.449. The topological polar surface area (TPSA) is 80.6 Å². The first-order chi connectivity index (χ1) is 14.9. The lowest BCUT2D eigenvalue weighted by Gasteiger charge is -2.17. The van der Waals surface area contributed by atoms with E-state index in [1.54, 1.807) is 46.7 Å². The lowest BCUT2D eigenvalue weighted by Crippen LogP contribution is -2.28. The molecule has 0 saturated carbocycles. The van der Waals surface area contributed by atoms with E-state index < -0.39 is 5.92 Å². The van der Waals surface area contributed by atoms with Gasteiger partial charge in [-0.05, 0) is 49.4 Å². The van der Waals surface area contributed by atoms with E-state index in [0.29, 0.717) is 29.5 Å². The summed E-state index contributed by atoms with van der Waals surface area (Å²) in [6.07, 6.45) is 1.96. The molecule has 0 spiro atoms. The second kappa shape index (κ2) is 8.81. The van der Waals surface area contributed by atoms with Crippen molar-refractivity contribution in [3.05, 3.63) is 59.8 Å². The number of anilines is 2. The van der Waals surface area contributed by atoms with Gasteiger partial charge in [0.15, 0.2) is 0 Å². The fourth-order valence-corrected chi connectivity index (χ4v) is 3.97. The molecule has 8 heteroatoms. The van der Waals surface area contributed by atoms with Gasteiger partial charge in [0.2, 0.25) is 11.8 Å². The summed E-state index contributed by atoms with van der Waals surface area (Å²) >= 11 is 6.03. The van der Waals surface area contributed by atoms with Crippen molar-refractivity contribution in [1.29, 1.82) is 0 Å². The Morgan fingerprint density at radius 1 is 1.19 bits per heavy atom. The molecule has 2 amide bonds. The Labute approximate surface area is 184 Å². The smallest absolute Gasteiger partial charge is 0.325 e. The maximum Gasteiger partial charge on any atom is 0.325 e. The van der Waals surface area contributed by atoms with E-state index in [2.05, 4.69) is 5.32 Å². The predicted octanol–water partition coefficient (Wildman–Crippen LogP) is 3.85. The summed E-state index contributed by atoms with van der Waals surface area (Å²) in [4.78, 5) is 38.5. The Morgan fingerprint density at radius 2 is 2.03 bits per heavy atom. The highest BCUT2D eigenvalue weighted by Crippen LogP contribution is 2.28. The van der Waals surface area contributed by atoms with Crippen LogP contribution in [0.4, 0.5) is 11.4 Å². The van der Waals surface area contributed by atoms with Gasteiger partial charge in [0.05, 0.1) is 12.5 Å². The molecular formula is C23H22ClN3O4. The highest BCUT2D eigenvalue weighted by Gasteiger charge is 2.35. The third-order valence-corrected chi connectivity index (χ3v) is 5.49. The monoisotopic (exact) mass is 439 g/mol. The van der Waals surface area contributed by atoms with Gasteiger partial charge in [0.1, 0.15) is 6.54 Å². The quantitative estimate of drug-likeness (QED) is 0.591. The SMILES string of the molecule is CCOC(=O)Cn1ccc2cc(NC(=O)[C@@H]3CC(=O)N(c4cccc(Cl)c4)C3)ccc21. The summed E-state index contributed by atoms with van der Waals surface area (Å²) in [5.74, 6) is -1.06. The van der Waals surface area contributed by atoms with Crippen LogP contribution in [0.5, 0.6) is 0 Å². The van der Waals surface area contributed by atoms with Crippen LogP contribution in [0, 0.1) is 5.92 Å². The average Bonchev–Trinajstić information content (AvgIpc) is 3.31. The van der Waals surface area contributed by atoms with Crippen LogP contribution >= 0.6 is 11.6 Å². The molecule has 1 fully saturated rings. The van der Waals surface area contributed by atoms with E-state index in [-0.39, 0.29) is 30.7 Å². The molecular weight excluding hydrogens is 418 g/mol. The molecule has 1 saturated heterocycles. The summed E-state index contributed by atoms with van der Waals surface area (Å²) < 4.78 is 6.80.